The second-order valence-electron chi connectivity index (χ2n) is 14.1. The summed E-state index contributed by atoms with van der Waals surface area (Å²) in [5.74, 6) is -1.51. The summed E-state index contributed by atoms with van der Waals surface area (Å²) in [6.07, 6.45) is 11.5. The minimum atomic E-state index is -0.845. The third-order valence-corrected chi connectivity index (χ3v) is 9.45. The molecule has 0 spiro atoms. The minimum absolute atomic E-state index is 0.0683. The highest BCUT2D eigenvalue weighted by Gasteiger charge is 2.24. The summed E-state index contributed by atoms with van der Waals surface area (Å²) < 4.78 is 0. The number of hydrogen-bond donors (Lipinski definition) is 4. The molecular formula is C43H50N8O6. The summed E-state index contributed by atoms with van der Waals surface area (Å²) in [4.78, 5) is 88.4. The van der Waals surface area contributed by atoms with Gasteiger partial charge in [0.15, 0.2) is 0 Å². The van der Waals surface area contributed by atoms with Crippen molar-refractivity contribution in [2.45, 2.75) is 77.8 Å². The van der Waals surface area contributed by atoms with Crippen LogP contribution in [-0.4, -0.2) is 81.7 Å². The van der Waals surface area contributed by atoms with Crippen LogP contribution >= 0.6 is 0 Å². The second kappa shape index (κ2) is 20.5. The van der Waals surface area contributed by atoms with Crippen LogP contribution in [0, 0.1) is 0 Å². The van der Waals surface area contributed by atoms with Gasteiger partial charge in [-0.1, -0.05) is 56.7 Å². The van der Waals surface area contributed by atoms with E-state index < -0.39 is 11.9 Å². The molecule has 0 bridgehead atoms. The number of hydrogen-bond acceptors (Lipinski definition) is 9. The number of rotatable bonds is 19. The van der Waals surface area contributed by atoms with E-state index in [2.05, 4.69) is 25.9 Å². The number of nitrogens with two attached hydrogens (primary N) is 1. The molecule has 57 heavy (non-hydrogen) atoms. The number of nitrogens with zero attached hydrogens (tertiary/aromatic N) is 4. The first-order valence-corrected chi connectivity index (χ1v) is 19.4. The molecule has 298 valence electrons. The van der Waals surface area contributed by atoms with E-state index >= 15 is 0 Å². The average Bonchev–Trinajstić information content (AvgIpc) is 3.41. The maximum atomic E-state index is 13.5. The first kappa shape index (κ1) is 41.7. The number of imide groups is 1. The lowest BCUT2D eigenvalue weighted by Gasteiger charge is -2.22. The highest BCUT2D eigenvalue weighted by Crippen LogP contribution is 2.29. The lowest BCUT2D eigenvalue weighted by molar-refractivity contribution is -0.137. The molecule has 0 saturated carbocycles. The molecule has 0 fully saturated rings. The standard InChI is InChI=1S/C43H50N8O6/c1-3-18-50(19-4-2)43(57)33-23-31-14-15-32(24-35(31)48-37(44)25-33)41(55)47-34-21-30(26-45-28-34)27-46-42(56)36(22-29-11-7-5-8-12-29)49-38(52)13-9-6-10-20-51-39(53)16-17-40(51)54/h5,7-8,11-12,14-17,21,23-24,26,28,36H,3-4,6,9-10,13,18-20,22,25,27H2,1-2H3,(H2,44,48)(H,46,56)(H,47,55)(H,49,52)/t36-/m0/s1. The van der Waals surface area contributed by atoms with Gasteiger partial charge in [0, 0.05) is 80.5 Å². The van der Waals surface area contributed by atoms with E-state index in [-0.39, 0.29) is 61.2 Å². The summed E-state index contributed by atoms with van der Waals surface area (Å²) in [5.41, 5.74) is 10.2. The van der Waals surface area contributed by atoms with Crippen molar-refractivity contribution in [3.63, 3.8) is 0 Å². The van der Waals surface area contributed by atoms with E-state index in [1.807, 2.05) is 49.1 Å². The van der Waals surface area contributed by atoms with E-state index in [0.29, 0.717) is 72.5 Å². The lowest BCUT2D eigenvalue weighted by atomic mass is 10.0. The number of amidine groups is 1. The summed E-state index contributed by atoms with van der Waals surface area (Å²) in [7, 11) is 0. The second-order valence-corrected chi connectivity index (χ2v) is 14.1. The van der Waals surface area contributed by atoms with Crippen LogP contribution in [0.4, 0.5) is 11.4 Å². The van der Waals surface area contributed by atoms with Crippen molar-refractivity contribution in [1.29, 1.82) is 0 Å². The van der Waals surface area contributed by atoms with Crippen molar-refractivity contribution < 1.29 is 28.8 Å². The number of benzene rings is 2. The first-order chi connectivity index (χ1) is 27.5. The largest absolute Gasteiger partial charge is 0.387 e. The number of nitrogens with one attached hydrogen (secondary N) is 3. The van der Waals surface area contributed by atoms with Gasteiger partial charge in [0.2, 0.25) is 17.7 Å². The smallest absolute Gasteiger partial charge is 0.255 e. The van der Waals surface area contributed by atoms with Gasteiger partial charge in [-0.3, -0.25) is 38.7 Å². The van der Waals surface area contributed by atoms with Crippen LogP contribution in [0.25, 0.3) is 6.08 Å². The molecule has 3 heterocycles. The normalized spacial score (nSPS) is 13.9. The van der Waals surface area contributed by atoms with Crippen molar-refractivity contribution in [3.05, 3.63) is 107 Å². The molecule has 14 nitrogen and oxygen atoms in total. The monoisotopic (exact) mass is 774 g/mol. The minimum Gasteiger partial charge on any atom is -0.387 e. The Labute approximate surface area is 332 Å². The number of carbonyl (C=O) groups is 6. The van der Waals surface area contributed by atoms with Gasteiger partial charge in [-0.15, -0.1) is 0 Å². The van der Waals surface area contributed by atoms with Crippen molar-refractivity contribution in [3.8, 4) is 0 Å². The predicted octanol–water partition coefficient (Wildman–Crippen LogP) is 4.59. The van der Waals surface area contributed by atoms with Crippen LogP contribution in [0.3, 0.4) is 0 Å². The van der Waals surface area contributed by atoms with Crippen LogP contribution < -0.4 is 21.7 Å². The number of amides is 6. The van der Waals surface area contributed by atoms with Crippen molar-refractivity contribution in [2.75, 3.05) is 25.0 Å². The average molecular weight is 775 g/mol. The van der Waals surface area contributed by atoms with Crippen molar-refractivity contribution in [2.24, 2.45) is 10.7 Å². The molecule has 0 unspecified atom stereocenters. The Hall–Kier alpha value is -6.44. The Bertz CT molecular complexity index is 2040. The maximum Gasteiger partial charge on any atom is 0.255 e. The topological polar surface area (TPSA) is 196 Å². The van der Waals surface area contributed by atoms with Gasteiger partial charge in [-0.05, 0) is 61.1 Å². The van der Waals surface area contributed by atoms with Gasteiger partial charge in [0.25, 0.3) is 17.7 Å². The lowest BCUT2D eigenvalue weighted by Crippen LogP contribution is -2.47. The Morgan fingerprint density at radius 1 is 0.895 bits per heavy atom. The molecular weight excluding hydrogens is 725 g/mol. The number of pyridine rings is 1. The molecule has 3 aromatic rings. The Balaban J connectivity index is 1.17. The van der Waals surface area contributed by atoms with Crippen LogP contribution in [0.1, 0.15) is 85.8 Å². The van der Waals surface area contributed by atoms with E-state index in [4.69, 9.17) is 5.73 Å². The van der Waals surface area contributed by atoms with Gasteiger partial charge in [-0.25, -0.2) is 4.99 Å². The fourth-order valence-corrected chi connectivity index (χ4v) is 6.60. The fourth-order valence-electron chi connectivity index (χ4n) is 6.60. The molecule has 2 aliphatic rings. The molecule has 2 aliphatic heterocycles. The predicted molar refractivity (Wildman–Crippen MR) is 218 cm³/mol. The van der Waals surface area contributed by atoms with Gasteiger partial charge in [0.05, 0.1) is 17.6 Å². The molecule has 0 saturated heterocycles. The van der Waals surface area contributed by atoms with E-state index in [1.165, 1.54) is 23.2 Å². The SMILES string of the molecule is CCCN(CCC)C(=O)C1=Cc2ccc(C(=O)Nc3cncc(CNC(=O)[C@H](Cc4ccccc4)NC(=O)CCCCCN4C(=O)C=CC4=O)c3)cc2N=C(N)C1. The zero-order valence-corrected chi connectivity index (χ0v) is 32.5. The quantitative estimate of drug-likeness (QED) is 0.100. The highest BCUT2D eigenvalue weighted by atomic mass is 16.2. The van der Waals surface area contributed by atoms with Crippen molar-refractivity contribution in [1.82, 2.24) is 25.4 Å². The summed E-state index contributed by atoms with van der Waals surface area (Å²) in [5, 5.41) is 8.61. The van der Waals surface area contributed by atoms with Crippen LogP contribution in [0.15, 0.2) is 89.7 Å². The third-order valence-electron chi connectivity index (χ3n) is 9.45. The molecule has 2 aromatic carbocycles. The number of fused-ring (bicyclic) bond motifs is 1. The highest BCUT2D eigenvalue weighted by molar-refractivity contribution is 6.13. The number of carbonyl (C=O) groups excluding carboxylic acids is 6. The summed E-state index contributed by atoms with van der Waals surface area (Å²) >= 11 is 0. The fraction of sp³-hybridized carbons (Fsp3) is 0.349. The number of aliphatic imine (C=N–C) groups is 1. The van der Waals surface area contributed by atoms with E-state index in [1.54, 1.807) is 36.5 Å². The molecule has 0 aliphatic carbocycles. The van der Waals surface area contributed by atoms with Gasteiger partial charge in [-0.2, -0.15) is 0 Å². The summed E-state index contributed by atoms with van der Waals surface area (Å²) in [6, 6.07) is 15.3. The molecule has 1 aromatic heterocycles. The molecule has 0 radical (unpaired) electrons. The zero-order valence-electron chi connectivity index (χ0n) is 32.5. The molecule has 5 N–H and O–H groups in total. The van der Waals surface area contributed by atoms with Gasteiger partial charge in [0.1, 0.15) is 11.9 Å². The Morgan fingerprint density at radius 2 is 1.63 bits per heavy atom. The molecule has 14 heteroatoms. The van der Waals surface area contributed by atoms with Gasteiger partial charge >= 0.3 is 0 Å². The third kappa shape index (κ3) is 12.0. The Kier molecular flexibility index (Phi) is 15.0. The summed E-state index contributed by atoms with van der Waals surface area (Å²) in [6.45, 7) is 5.76. The van der Waals surface area contributed by atoms with E-state index in [0.717, 1.165) is 18.4 Å². The van der Waals surface area contributed by atoms with Crippen molar-refractivity contribution >= 4 is 58.7 Å². The van der Waals surface area contributed by atoms with E-state index in [9.17, 15) is 28.8 Å². The zero-order chi connectivity index (χ0) is 40.7. The number of aromatic nitrogens is 1. The molecule has 6 amide bonds. The van der Waals surface area contributed by atoms with Crippen LogP contribution in [0.2, 0.25) is 0 Å². The number of unbranched alkanes of at least 4 members (excludes halogenated alkanes) is 2. The maximum absolute atomic E-state index is 13.5. The Morgan fingerprint density at radius 3 is 2.35 bits per heavy atom. The molecule has 1 atom stereocenters. The first-order valence-electron chi connectivity index (χ1n) is 19.4. The molecule has 5 rings (SSSR count). The number of anilines is 1. The van der Waals surface area contributed by atoms with Crippen LogP contribution in [-0.2, 0) is 36.9 Å². The van der Waals surface area contributed by atoms with Crippen LogP contribution in [0.5, 0.6) is 0 Å². The van der Waals surface area contributed by atoms with Gasteiger partial charge < -0.3 is 26.6 Å².